The Kier molecular flexibility index (Phi) is 10.2. The number of nitrogens with one attached hydrogen (secondary N) is 1. The fourth-order valence-corrected chi connectivity index (χ4v) is 9.07. The molecule has 1 aliphatic carbocycles. The molecule has 1 saturated carbocycles. The van der Waals surface area contributed by atoms with Gasteiger partial charge in [-0.05, 0) is 91.7 Å². The summed E-state index contributed by atoms with van der Waals surface area (Å²) < 4.78 is 47.0. The van der Waals surface area contributed by atoms with E-state index in [9.17, 15) is 22.8 Å². The molecule has 3 aromatic carbocycles. The van der Waals surface area contributed by atoms with E-state index in [1.807, 2.05) is 24.3 Å². The van der Waals surface area contributed by atoms with E-state index >= 15 is 0 Å². The molecule has 1 aromatic heterocycles. The highest BCUT2D eigenvalue weighted by Gasteiger charge is 2.52. The lowest BCUT2D eigenvalue weighted by atomic mass is 9.81. The summed E-state index contributed by atoms with van der Waals surface area (Å²) in [5, 5.41) is 0.829. The molecule has 274 valence electrons. The van der Waals surface area contributed by atoms with Crippen molar-refractivity contribution in [2.45, 2.75) is 43.0 Å². The van der Waals surface area contributed by atoms with Gasteiger partial charge in [-0.2, -0.15) is 0 Å². The summed E-state index contributed by atoms with van der Waals surface area (Å²) in [6.45, 7) is 1.92. The lowest BCUT2D eigenvalue weighted by molar-refractivity contribution is -0.128. The first-order valence-electron chi connectivity index (χ1n) is 17.7. The predicted molar refractivity (Wildman–Crippen MR) is 193 cm³/mol. The number of morpholine rings is 1. The summed E-state index contributed by atoms with van der Waals surface area (Å²) in [5.74, 6) is 0.430. The smallest absolute Gasteiger partial charge is 0.341 e. The molecule has 0 spiro atoms. The summed E-state index contributed by atoms with van der Waals surface area (Å²) in [7, 11) is -3.13. The number of urea groups is 1. The maximum absolute atomic E-state index is 14.7. The molecule has 3 fully saturated rings. The van der Waals surface area contributed by atoms with Crippen LogP contribution in [0, 0.1) is 11.8 Å². The largest absolute Gasteiger partial charge is 0.497 e. The van der Waals surface area contributed by atoms with Crippen molar-refractivity contribution in [3.63, 3.8) is 0 Å². The van der Waals surface area contributed by atoms with Gasteiger partial charge in [0.05, 0.1) is 30.8 Å². The zero-order chi connectivity index (χ0) is 36.4. The number of benzene rings is 3. The number of aromatic amines is 1. The first kappa shape index (κ1) is 35.5. The third-order valence-electron chi connectivity index (χ3n) is 10.3. The number of methoxy groups -OCH3 is 1. The van der Waals surface area contributed by atoms with Crippen molar-refractivity contribution in [1.29, 1.82) is 0 Å². The predicted octanol–water partition coefficient (Wildman–Crippen LogP) is 4.77. The quantitative estimate of drug-likeness (QED) is 0.207. The molecular formula is C38H43N5O8S. The summed E-state index contributed by atoms with van der Waals surface area (Å²) in [5.41, 5.74) is 7.51. The van der Waals surface area contributed by atoms with Crippen molar-refractivity contribution < 1.29 is 37.0 Å². The van der Waals surface area contributed by atoms with Gasteiger partial charge in [0, 0.05) is 43.2 Å². The van der Waals surface area contributed by atoms with Crippen LogP contribution in [0.1, 0.15) is 41.6 Å². The minimum atomic E-state index is -4.68. The first-order chi connectivity index (χ1) is 25.2. The Balaban J connectivity index is 1.26. The number of rotatable bonds is 11. The third-order valence-corrected chi connectivity index (χ3v) is 12.1. The molecule has 13 nitrogen and oxygen atoms in total. The fraction of sp³-hybridized carbons (Fsp3) is 0.395. The van der Waals surface area contributed by atoms with Crippen molar-refractivity contribution in [2.75, 3.05) is 46.5 Å². The van der Waals surface area contributed by atoms with Crippen LogP contribution < -0.4 is 15.2 Å². The van der Waals surface area contributed by atoms with Crippen molar-refractivity contribution in [3.05, 3.63) is 84.1 Å². The van der Waals surface area contributed by atoms with Gasteiger partial charge < -0.3 is 29.8 Å². The van der Waals surface area contributed by atoms with Crippen LogP contribution in [0.2, 0.25) is 0 Å². The molecule has 3 atom stereocenters. The summed E-state index contributed by atoms with van der Waals surface area (Å²) >= 11 is 0. The summed E-state index contributed by atoms with van der Waals surface area (Å²) in [6, 6.07) is 16.0. The number of sulfonamides is 1. The Bertz CT molecular complexity index is 2060. The number of ether oxygens (including phenoxy) is 3. The lowest BCUT2D eigenvalue weighted by Gasteiger charge is -2.30. The van der Waals surface area contributed by atoms with Crippen LogP contribution >= 0.6 is 0 Å². The Morgan fingerprint density at radius 2 is 1.71 bits per heavy atom. The van der Waals surface area contributed by atoms with Crippen molar-refractivity contribution in [2.24, 2.45) is 17.6 Å². The number of carbonyl (C=O) groups is 3. The van der Waals surface area contributed by atoms with Crippen LogP contribution in [0.5, 0.6) is 17.2 Å². The van der Waals surface area contributed by atoms with Crippen LogP contribution in [-0.2, 0) is 26.0 Å². The van der Waals surface area contributed by atoms with Crippen molar-refractivity contribution >= 4 is 38.8 Å². The van der Waals surface area contributed by atoms with Crippen molar-refractivity contribution in [3.8, 4) is 17.2 Å². The van der Waals surface area contributed by atoms with Crippen LogP contribution in [0.25, 0.3) is 10.9 Å². The van der Waals surface area contributed by atoms with Gasteiger partial charge in [0.25, 0.3) is 21.8 Å². The Labute approximate surface area is 302 Å². The SMILES string of the molecule is COc1ccc(Oc2ccc(S(=O)(=O)N3C(=O)N(CC4CCCC(CN)C4)C(=O)C3Cc3c[nH]c4ccccc34)cc2C(=O)N2CCOCC2)cc1. The van der Waals surface area contributed by atoms with E-state index in [0.29, 0.717) is 54.2 Å². The standard InChI is InChI=1S/C38H43N5O8S/c1-49-28-9-11-29(12-10-28)51-35-14-13-30(21-32(35)36(44)41-15-17-50-18-16-41)52(47,48)43-34(20-27-23-40-33-8-3-2-7-31(27)33)37(45)42(38(43)46)24-26-6-4-5-25(19-26)22-39/h2-3,7-14,21,23,25-26,34,40H,4-6,15-20,22,24,39H2,1H3. The number of para-hydroxylation sites is 1. The number of hydrogen-bond acceptors (Lipinski definition) is 9. The normalized spacial score (nSPS) is 21.2. The number of H-pyrrole nitrogens is 1. The molecule has 3 unspecified atom stereocenters. The zero-order valence-electron chi connectivity index (χ0n) is 29.0. The molecule has 3 heterocycles. The van der Waals surface area contributed by atoms with E-state index in [1.54, 1.807) is 42.5 Å². The Morgan fingerprint density at radius 3 is 2.46 bits per heavy atom. The van der Waals surface area contributed by atoms with E-state index in [4.69, 9.17) is 19.9 Å². The summed E-state index contributed by atoms with van der Waals surface area (Å²) in [6.07, 6.45) is 5.20. The van der Waals surface area contributed by atoms with E-state index in [2.05, 4.69) is 4.98 Å². The molecule has 0 bridgehead atoms. The van der Waals surface area contributed by atoms with Gasteiger partial charge >= 0.3 is 6.03 Å². The number of amides is 4. The molecule has 0 radical (unpaired) electrons. The van der Waals surface area contributed by atoms with Gasteiger partial charge in [0.15, 0.2) is 0 Å². The second kappa shape index (κ2) is 15.0. The molecular weight excluding hydrogens is 687 g/mol. The molecule has 4 amide bonds. The number of fused-ring (bicyclic) bond motifs is 1. The molecule has 14 heteroatoms. The second-order valence-corrected chi connectivity index (χ2v) is 15.4. The molecule has 3 N–H and O–H groups in total. The number of nitrogens with two attached hydrogens (primary N) is 1. The minimum Gasteiger partial charge on any atom is -0.497 e. The first-order valence-corrected chi connectivity index (χ1v) is 19.1. The van der Waals surface area contributed by atoms with E-state index < -0.39 is 33.9 Å². The maximum atomic E-state index is 14.7. The molecule has 4 aromatic rings. The maximum Gasteiger partial charge on any atom is 0.341 e. The van der Waals surface area contributed by atoms with Gasteiger partial charge in [-0.25, -0.2) is 17.5 Å². The average Bonchev–Trinajstić information content (AvgIpc) is 3.69. The second-order valence-electron chi connectivity index (χ2n) is 13.6. The van der Waals surface area contributed by atoms with Gasteiger partial charge in [0.1, 0.15) is 23.3 Å². The minimum absolute atomic E-state index is 0.00293. The molecule has 2 saturated heterocycles. The van der Waals surface area contributed by atoms with E-state index in [1.165, 1.54) is 18.2 Å². The molecule has 7 rings (SSSR count). The highest BCUT2D eigenvalue weighted by molar-refractivity contribution is 7.89. The highest BCUT2D eigenvalue weighted by atomic mass is 32.2. The van der Waals surface area contributed by atoms with Crippen LogP contribution in [0.4, 0.5) is 4.79 Å². The van der Waals surface area contributed by atoms with Crippen molar-refractivity contribution in [1.82, 2.24) is 19.1 Å². The monoisotopic (exact) mass is 729 g/mol. The highest BCUT2D eigenvalue weighted by Crippen LogP contribution is 2.36. The van der Waals surface area contributed by atoms with Crippen LogP contribution in [0.3, 0.4) is 0 Å². The lowest BCUT2D eigenvalue weighted by Crippen LogP contribution is -2.42. The van der Waals surface area contributed by atoms with Gasteiger partial charge in [-0.3, -0.25) is 14.5 Å². The average molecular weight is 730 g/mol. The van der Waals surface area contributed by atoms with E-state index in [0.717, 1.165) is 41.5 Å². The number of nitrogens with zero attached hydrogens (tertiary/aromatic N) is 3. The fourth-order valence-electron chi connectivity index (χ4n) is 7.53. The number of imide groups is 1. The number of aromatic nitrogens is 1. The van der Waals surface area contributed by atoms with Crippen LogP contribution in [0.15, 0.2) is 77.8 Å². The Morgan fingerprint density at radius 1 is 0.981 bits per heavy atom. The molecule has 2 aliphatic heterocycles. The Hall–Kier alpha value is -4.92. The van der Waals surface area contributed by atoms with Gasteiger partial charge in [0.2, 0.25) is 0 Å². The van der Waals surface area contributed by atoms with Gasteiger partial charge in [-0.1, -0.05) is 24.6 Å². The summed E-state index contributed by atoms with van der Waals surface area (Å²) in [4.78, 5) is 48.0. The number of carbonyl (C=O) groups excluding carboxylic acids is 3. The third kappa shape index (κ3) is 6.97. The topological polar surface area (TPSA) is 165 Å². The zero-order valence-corrected chi connectivity index (χ0v) is 29.8. The van der Waals surface area contributed by atoms with Crippen LogP contribution in [-0.4, -0.2) is 97.9 Å². The molecule has 3 aliphatic rings. The molecule has 52 heavy (non-hydrogen) atoms. The van der Waals surface area contributed by atoms with E-state index in [-0.39, 0.29) is 41.0 Å². The number of hydrogen-bond donors (Lipinski definition) is 2. The van der Waals surface area contributed by atoms with Gasteiger partial charge in [-0.15, -0.1) is 0 Å².